The van der Waals surface area contributed by atoms with Crippen molar-refractivity contribution in [3.63, 3.8) is 0 Å². The molecule has 5 heteroatoms. The molecule has 1 N–H and O–H groups in total. The summed E-state index contributed by atoms with van der Waals surface area (Å²) in [5.41, 5.74) is 2.49. The molecule has 2 aromatic rings. The average Bonchev–Trinajstić information content (AvgIpc) is 3.23. The fourth-order valence-corrected chi connectivity index (χ4v) is 3.18. The number of likely N-dealkylation sites (tertiary alicyclic amines) is 1. The highest BCUT2D eigenvalue weighted by molar-refractivity contribution is 5.39. The highest BCUT2D eigenvalue weighted by atomic mass is 16.5. The third-order valence-electron chi connectivity index (χ3n) is 4.58. The first-order valence-corrected chi connectivity index (χ1v) is 8.33. The van der Waals surface area contributed by atoms with E-state index < -0.39 is 0 Å². The molecule has 1 aliphatic heterocycles. The van der Waals surface area contributed by atoms with Crippen molar-refractivity contribution in [2.45, 2.75) is 32.0 Å². The summed E-state index contributed by atoms with van der Waals surface area (Å²) in [6.07, 6.45) is 5.13. The van der Waals surface area contributed by atoms with Crippen molar-refractivity contribution in [3.8, 4) is 0 Å². The lowest BCUT2D eigenvalue weighted by molar-refractivity contribution is 0.183. The monoisotopic (exact) mass is 314 g/mol. The molecule has 1 aromatic heterocycles. The normalized spacial score (nSPS) is 19.8. The van der Waals surface area contributed by atoms with Gasteiger partial charge in [-0.25, -0.2) is 0 Å². The van der Waals surface area contributed by atoms with E-state index in [2.05, 4.69) is 58.8 Å². The first-order valence-electron chi connectivity index (χ1n) is 8.33. The average molecular weight is 314 g/mol. The number of hydrogen-bond donors (Lipinski definition) is 1. The molecule has 3 rings (SSSR count). The lowest BCUT2D eigenvalue weighted by Crippen LogP contribution is -2.28. The quantitative estimate of drug-likeness (QED) is 0.853. The van der Waals surface area contributed by atoms with Crippen LogP contribution < -0.4 is 5.32 Å². The van der Waals surface area contributed by atoms with Crippen molar-refractivity contribution in [1.82, 2.24) is 14.7 Å². The van der Waals surface area contributed by atoms with Gasteiger partial charge in [0.2, 0.25) is 0 Å². The zero-order valence-corrected chi connectivity index (χ0v) is 14.0. The molecule has 0 aliphatic carbocycles. The fourth-order valence-electron chi connectivity index (χ4n) is 3.18. The maximum atomic E-state index is 5.08. The second-order valence-corrected chi connectivity index (χ2v) is 6.20. The first kappa shape index (κ1) is 16.0. The minimum absolute atomic E-state index is 0.465. The minimum Gasteiger partial charge on any atom is -0.383 e. The first-order chi connectivity index (χ1) is 11.3. The SMILES string of the molecule is COCCn1cc(N[C@H]2CCN([C@@H](C)c3ccccc3)C2)cn1. The van der Waals surface area contributed by atoms with Crippen molar-refractivity contribution in [1.29, 1.82) is 0 Å². The summed E-state index contributed by atoms with van der Waals surface area (Å²) in [7, 11) is 1.71. The van der Waals surface area contributed by atoms with Gasteiger partial charge in [-0.2, -0.15) is 5.10 Å². The van der Waals surface area contributed by atoms with Gasteiger partial charge in [-0.1, -0.05) is 30.3 Å². The van der Waals surface area contributed by atoms with Crippen molar-refractivity contribution >= 4 is 5.69 Å². The number of rotatable bonds is 7. The van der Waals surface area contributed by atoms with Gasteiger partial charge in [0.15, 0.2) is 0 Å². The van der Waals surface area contributed by atoms with Crippen molar-refractivity contribution in [3.05, 3.63) is 48.3 Å². The third kappa shape index (κ3) is 4.12. The van der Waals surface area contributed by atoms with Crippen LogP contribution in [0, 0.1) is 0 Å². The van der Waals surface area contributed by atoms with Crippen LogP contribution in [0.25, 0.3) is 0 Å². The van der Waals surface area contributed by atoms with E-state index in [-0.39, 0.29) is 0 Å². The number of nitrogens with zero attached hydrogens (tertiary/aromatic N) is 3. The van der Waals surface area contributed by atoms with Gasteiger partial charge in [0, 0.05) is 38.5 Å². The van der Waals surface area contributed by atoms with Crippen LogP contribution in [0.15, 0.2) is 42.7 Å². The molecule has 1 fully saturated rings. The molecular formula is C18H26N4O. The highest BCUT2D eigenvalue weighted by Crippen LogP contribution is 2.25. The van der Waals surface area contributed by atoms with Crippen LogP contribution in [0.1, 0.15) is 24.9 Å². The Balaban J connectivity index is 1.52. The Morgan fingerprint density at radius 3 is 2.96 bits per heavy atom. The fraction of sp³-hybridized carbons (Fsp3) is 0.500. The molecule has 0 amide bonds. The van der Waals surface area contributed by atoms with Crippen molar-refractivity contribution < 1.29 is 4.74 Å². The second-order valence-electron chi connectivity index (χ2n) is 6.20. The molecule has 124 valence electrons. The van der Waals surface area contributed by atoms with E-state index in [9.17, 15) is 0 Å². The summed E-state index contributed by atoms with van der Waals surface area (Å²) in [4.78, 5) is 2.54. The van der Waals surface area contributed by atoms with Gasteiger partial charge in [0.25, 0.3) is 0 Å². The van der Waals surface area contributed by atoms with E-state index >= 15 is 0 Å². The van der Waals surface area contributed by atoms with Gasteiger partial charge in [-0.05, 0) is 18.9 Å². The maximum absolute atomic E-state index is 5.08. The number of hydrogen-bond acceptors (Lipinski definition) is 4. The Kier molecular flexibility index (Phi) is 5.31. The minimum atomic E-state index is 0.465. The summed E-state index contributed by atoms with van der Waals surface area (Å²) < 4.78 is 7.00. The Hall–Kier alpha value is -1.85. The van der Waals surface area contributed by atoms with Gasteiger partial charge < -0.3 is 10.1 Å². The van der Waals surface area contributed by atoms with Crippen molar-refractivity contribution in [2.24, 2.45) is 0 Å². The summed E-state index contributed by atoms with van der Waals surface area (Å²) >= 11 is 0. The lowest BCUT2D eigenvalue weighted by Gasteiger charge is -2.24. The summed E-state index contributed by atoms with van der Waals surface area (Å²) in [5.74, 6) is 0. The van der Waals surface area contributed by atoms with Crippen LogP contribution in [-0.2, 0) is 11.3 Å². The number of ether oxygens (including phenoxy) is 1. The third-order valence-corrected chi connectivity index (χ3v) is 4.58. The van der Waals surface area contributed by atoms with Gasteiger partial charge in [-0.15, -0.1) is 0 Å². The smallest absolute Gasteiger partial charge is 0.0729 e. The highest BCUT2D eigenvalue weighted by Gasteiger charge is 2.26. The molecule has 1 aliphatic rings. The standard InChI is InChI=1S/C18H26N4O/c1-15(16-6-4-3-5-7-16)21-9-8-17(13-21)20-18-12-19-22(14-18)10-11-23-2/h3-7,12,14-15,17,20H,8-11,13H2,1-2H3/t15-,17-/m0/s1. The summed E-state index contributed by atoms with van der Waals surface area (Å²) in [6.45, 7) is 5.97. The summed E-state index contributed by atoms with van der Waals surface area (Å²) in [5, 5.41) is 7.97. The van der Waals surface area contributed by atoms with E-state index in [4.69, 9.17) is 4.74 Å². The second kappa shape index (κ2) is 7.62. The Bertz CT molecular complexity index is 598. The molecule has 0 spiro atoms. The zero-order valence-electron chi connectivity index (χ0n) is 14.0. The van der Waals surface area contributed by atoms with E-state index in [1.807, 2.05) is 10.9 Å². The predicted molar refractivity (Wildman–Crippen MR) is 92.6 cm³/mol. The number of nitrogens with one attached hydrogen (secondary N) is 1. The number of anilines is 1. The predicted octanol–water partition coefficient (Wildman–Crippen LogP) is 2.78. The molecule has 0 bridgehead atoms. The van der Waals surface area contributed by atoms with Gasteiger partial charge in [-0.3, -0.25) is 9.58 Å². The van der Waals surface area contributed by atoms with Crippen LogP contribution >= 0.6 is 0 Å². The van der Waals surface area contributed by atoms with Gasteiger partial charge in [0.05, 0.1) is 25.0 Å². The largest absolute Gasteiger partial charge is 0.383 e. The molecule has 2 atom stereocenters. The van der Waals surface area contributed by atoms with Crippen LogP contribution in [0.4, 0.5) is 5.69 Å². The molecule has 5 nitrogen and oxygen atoms in total. The molecular weight excluding hydrogens is 288 g/mol. The molecule has 0 saturated carbocycles. The van der Waals surface area contributed by atoms with Gasteiger partial charge >= 0.3 is 0 Å². The van der Waals surface area contributed by atoms with E-state index in [1.165, 1.54) is 12.0 Å². The van der Waals surface area contributed by atoms with E-state index in [1.54, 1.807) is 7.11 Å². The number of aromatic nitrogens is 2. The van der Waals surface area contributed by atoms with Crippen LogP contribution in [0.5, 0.6) is 0 Å². The molecule has 23 heavy (non-hydrogen) atoms. The molecule has 2 heterocycles. The molecule has 0 radical (unpaired) electrons. The number of methoxy groups -OCH3 is 1. The van der Waals surface area contributed by atoms with Gasteiger partial charge in [0.1, 0.15) is 0 Å². The van der Waals surface area contributed by atoms with E-state index in [0.717, 1.165) is 25.3 Å². The lowest BCUT2D eigenvalue weighted by atomic mass is 10.1. The Morgan fingerprint density at radius 2 is 2.17 bits per heavy atom. The van der Waals surface area contributed by atoms with Crippen LogP contribution in [-0.4, -0.2) is 47.5 Å². The Morgan fingerprint density at radius 1 is 1.35 bits per heavy atom. The maximum Gasteiger partial charge on any atom is 0.0729 e. The topological polar surface area (TPSA) is 42.3 Å². The van der Waals surface area contributed by atoms with E-state index in [0.29, 0.717) is 18.7 Å². The summed E-state index contributed by atoms with van der Waals surface area (Å²) in [6, 6.07) is 11.7. The molecule has 1 saturated heterocycles. The zero-order chi connectivity index (χ0) is 16.1. The molecule has 0 unspecified atom stereocenters. The van der Waals surface area contributed by atoms with Crippen LogP contribution in [0.3, 0.4) is 0 Å². The number of benzene rings is 1. The van der Waals surface area contributed by atoms with Crippen molar-refractivity contribution in [2.75, 3.05) is 32.1 Å². The van der Waals surface area contributed by atoms with Crippen LogP contribution in [0.2, 0.25) is 0 Å². The molecule has 1 aromatic carbocycles. The Labute approximate surface area is 138 Å².